The van der Waals surface area contributed by atoms with Gasteiger partial charge in [0.25, 0.3) is 0 Å². The van der Waals surface area contributed by atoms with E-state index in [2.05, 4.69) is 15.5 Å². The number of anilines is 1. The standard InChI is InChI=1S/C12H16ClN3O/c1-12(7-3-2-4-8-12)11(17)14-10-6-5-9(13)15-16-10/h5-6H,2-4,7-8H2,1H3,(H,14,16,17). The Morgan fingerprint density at radius 1 is 1.29 bits per heavy atom. The van der Waals surface area contributed by atoms with Crippen LogP contribution in [0, 0.1) is 5.41 Å². The van der Waals surface area contributed by atoms with Crippen LogP contribution in [0.1, 0.15) is 39.0 Å². The predicted molar refractivity (Wildman–Crippen MR) is 66.9 cm³/mol. The molecule has 0 unspecified atom stereocenters. The average Bonchev–Trinajstić information content (AvgIpc) is 2.33. The molecule has 5 heteroatoms. The highest BCUT2D eigenvalue weighted by atomic mass is 35.5. The van der Waals surface area contributed by atoms with Gasteiger partial charge in [0.1, 0.15) is 0 Å². The minimum Gasteiger partial charge on any atom is -0.309 e. The highest BCUT2D eigenvalue weighted by Gasteiger charge is 2.34. The van der Waals surface area contributed by atoms with Crippen LogP contribution in [0.25, 0.3) is 0 Å². The first-order valence-electron chi connectivity index (χ1n) is 5.91. The van der Waals surface area contributed by atoms with Crippen molar-refractivity contribution >= 4 is 23.3 Å². The predicted octanol–water partition coefficient (Wildman–Crippen LogP) is 3.04. The lowest BCUT2D eigenvalue weighted by Crippen LogP contribution is -2.35. The molecule has 0 aromatic carbocycles. The number of aromatic nitrogens is 2. The summed E-state index contributed by atoms with van der Waals surface area (Å²) in [5.41, 5.74) is -0.264. The Morgan fingerprint density at radius 2 is 2.00 bits per heavy atom. The number of halogens is 1. The Kier molecular flexibility index (Phi) is 3.62. The Morgan fingerprint density at radius 3 is 2.59 bits per heavy atom. The molecule has 2 rings (SSSR count). The second-order valence-corrected chi connectivity index (χ2v) is 5.20. The number of carbonyl (C=O) groups is 1. The number of rotatable bonds is 2. The van der Waals surface area contributed by atoms with E-state index in [-0.39, 0.29) is 11.3 Å². The van der Waals surface area contributed by atoms with Gasteiger partial charge in [-0.2, -0.15) is 0 Å². The first-order valence-corrected chi connectivity index (χ1v) is 6.29. The van der Waals surface area contributed by atoms with Gasteiger partial charge in [0, 0.05) is 5.41 Å². The van der Waals surface area contributed by atoms with Crippen molar-refractivity contribution in [2.75, 3.05) is 5.32 Å². The van der Waals surface area contributed by atoms with E-state index in [1.54, 1.807) is 12.1 Å². The summed E-state index contributed by atoms with van der Waals surface area (Å²) in [7, 11) is 0. The van der Waals surface area contributed by atoms with Gasteiger partial charge in [0.15, 0.2) is 11.0 Å². The van der Waals surface area contributed by atoms with Gasteiger partial charge >= 0.3 is 0 Å². The molecule has 17 heavy (non-hydrogen) atoms. The van der Waals surface area contributed by atoms with Crippen molar-refractivity contribution < 1.29 is 4.79 Å². The molecule has 0 atom stereocenters. The first-order chi connectivity index (χ1) is 8.10. The largest absolute Gasteiger partial charge is 0.309 e. The number of nitrogens with zero attached hydrogens (tertiary/aromatic N) is 2. The van der Waals surface area contributed by atoms with Crippen LogP contribution in [0.2, 0.25) is 5.15 Å². The third kappa shape index (κ3) is 2.94. The Bertz CT molecular complexity index is 399. The van der Waals surface area contributed by atoms with Crippen LogP contribution in [0.3, 0.4) is 0 Å². The van der Waals surface area contributed by atoms with E-state index in [0.717, 1.165) is 25.7 Å². The van der Waals surface area contributed by atoms with Gasteiger partial charge in [0.2, 0.25) is 5.91 Å². The molecule has 4 nitrogen and oxygen atoms in total. The fourth-order valence-corrected chi connectivity index (χ4v) is 2.31. The van der Waals surface area contributed by atoms with Gasteiger partial charge in [-0.25, -0.2) is 0 Å². The molecule has 0 saturated heterocycles. The molecular formula is C12H16ClN3O. The van der Waals surface area contributed by atoms with Crippen molar-refractivity contribution in [1.82, 2.24) is 10.2 Å². The Labute approximate surface area is 106 Å². The third-order valence-electron chi connectivity index (χ3n) is 3.38. The van der Waals surface area contributed by atoms with Crippen LogP contribution >= 0.6 is 11.6 Å². The lowest BCUT2D eigenvalue weighted by Gasteiger charge is -2.31. The highest BCUT2D eigenvalue weighted by Crippen LogP contribution is 2.36. The van der Waals surface area contributed by atoms with E-state index in [0.29, 0.717) is 11.0 Å². The molecule has 0 aliphatic heterocycles. The van der Waals surface area contributed by atoms with Crippen LogP contribution in [-0.2, 0) is 4.79 Å². The summed E-state index contributed by atoms with van der Waals surface area (Å²) < 4.78 is 0. The molecule has 1 aromatic heterocycles. The van der Waals surface area contributed by atoms with Gasteiger partial charge in [-0.3, -0.25) is 4.79 Å². The maximum atomic E-state index is 12.2. The molecular weight excluding hydrogens is 238 g/mol. The average molecular weight is 254 g/mol. The molecule has 1 aliphatic carbocycles. The zero-order valence-electron chi connectivity index (χ0n) is 9.87. The van der Waals surface area contributed by atoms with E-state index < -0.39 is 0 Å². The van der Waals surface area contributed by atoms with Gasteiger partial charge in [0.05, 0.1) is 0 Å². The lowest BCUT2D eigenvalue weighted by atomic mass is 9.75. The van der Waals surface area contributed by atoms with E-state index in [1.807, 2.05) is 6.92 Å². The summed E-state index contributed by atoms with van der Waals surface area (Å²) in [5.74, 6) is 0.500. The summed E-state index contributed by atoms with van der Waals surface area (Å²) in [6.45, 7) is 2.02. The smallest absolute Gasteiger partial charge is 0.231 e. The van der Waals surface area contributed by atoms with Crippen LogP contribution in [0.15, 0.2) is 12.1 Å². The van der Waals surface area contributed by atoms with E-state index in [1.165, 1.54) is 6.42 Å². The molecule has 0 radical (unpaired) electrons. The number of hydrogen-bond acceptors (Lipinski definition) is 3. The summed E-state index contributed by atoms with van der Waals surface area (Å²) in [6, 6.07) is 3.28. The summed E-state index contributed by atoms with van der Waals surface area (Å²) >= 11 is 5.64. The molecule has 1 N–H and O–H groups in total. The molecule has 1 heterocycles. The minimum absolute atomic E-state index is 0.0359. The minimum atomic E-state index is -0.264. The molecule has 1 fully saturated rings. The lowest BCUT2D eigenvalue weighted by molar-refractivity contribution is -0.126. The summed E-state index contributed by atoms with van der Waals surface area (Å²) in [5, 5.41) is 10.7. The molecule has 92 valence electrons. The maximum absolute atomic E-state index is 12.2. The van der Waals surface area contributed by atoms with Gasteiger partial charge < -0.3 is 5.32 Å². The number of hydrogen-bond donors (Lipinski definition) is 1. The topological polar surface area (TPSA) is 54.9 Å². The number of nitrogens with one attached hydrogen (secondary N) is 1. The quantitative estimate of drug-likeness (QED) is 0.881. The first kappa shape index (κ1) is 12.3. The van der Waals surface area contributed by atoms with E-state index in [4.69, 9.17) is 11.6 Å². The zero-order valence-corrected chi connectivity index (χ0v) is 10.6. The second kappa shape index (κ2) is 5.00. The normalized spacial score (nSPS) is 18.7. The number of carbonyl (C=O) groups excluding carboxylic acids is 1. The van der Waals surface area contributed by atoms with Crippen molar-refractivity contribution in [3.63, 3.8) is 0 Å². The highest BCUT2D eigenvalue weighted by molar-refractivity contribution is 6.29. The fraction of sp³-hybridized carbons (Fsp3) is 0.583. The molecule has 1 saturated carbocycles. The zero-order chi connectivity index (χ0) is 12.3. The van der Waals surface area contributed by atoms with Crippen molar-refractivity contribution in [2.45, 2.75) is 39.0 Å². The molecule has 0 bridgehead atoms. The molecule has 0 spiro atoms. The van der Waals surface area contributed by atoms with Crippen molar-refractivity contribution in [3.05, 3.63) is 17.3 Å². The van der Waals surface area contributed by atoms with Gasteiger partial charge in [-0.15, -0.1) is 10.2 Å². The van der Waals surface area contributed by atoms with Crippen molar-refractivity contribution in [2.24, 2.45) is 5.41 Å². The van der Waals surface area contributed by atoms with Gasteiger partial charge in [-0.05, 0) is 25.0 Å². The Balaban J connectivity index is 2.03. The van der Waals surface area contributed by atoms with Crippen LogP contribution in [0.4, 0.5) is 5.82 Å². The van der Waals surface area contributed by atoms with Crippen LogP contribution < -0.4 is 5.32 Å². The number of amides is 1. The fourth-order valence-electron chi connectivity index (χ4n) is 2.21. The molecule has 1 amide bonds. The van der Waals surface area contributed by atoms with E-state index in [9.17, 15) is 4.79 Å². The van der Waals surface area contributed by atoms with Gasteiger partial charge in [-0.1, -0.05) is 37.8 Å². The molecule has 1 aromatic rings. The summed E-state index contributed by atoms with van der Waals surface area (Å²) in [6.07, 6.45) is 5.36. The SMILES string of the molecule is CC1(C(=O)Nc2ccc(Cl)nn2)CCCCC1. The molecule has 1 aliphatic rings. The third-order valence-corrected chi connectivity index (χ3v) is 3.58. The van der Waals surface area contributed by atoms with Crippen molar-refractivity contribution in [1.29, 1.82) is 0 Å². The summed E-state index contributed by atoms with van der Waals surface area (Å²) in [4.78, 5) is 12.2. The van der Waals surface area contributed by atoms with Crippen LogP contribution in [0.5, 0.6) is 0 Å². The maximum Gasteiger partial charge on any atom is 0.231 e. The van der Waals surface area contributed by atoms with Crippen LogP contribution in [-0.4, -0.2) is 16.1 Å². The second-order valence-electron chi connectivity index (χ2n) is 4.82. The van der Waals surface area contributed by atoms with E-state index >= 15 is 0 Å². The monoisotopic (exact) mass is 253 g/mol. The van der Waals surface area contributed by atoms with Crippen molar-refractivity contribution in [3.8, 4) is 0 Å². The Hall–Kier alpha value is -1.16.